The molecule has 6 nitrogen and oxygen atoms in total. The molecule has 1 fully saturated rings. The molecule has 1 atom stereocenters. The fraction of sp³-hybridized carbons (Fsp3) is 0.316. The second-order valence-electron chi connectivity index (χ2n) is 6.47. The Morgan fingerprint density at radius 2 is 2.12 bits per heavy atom. The van der Waals surface area contributed by atoms with E-state index in [4.69, 9.17) is 17.3 Å². The van der Waals surface area contributed by atoms with Gasteiger partial charge in [-0.3, -0.25) is 0 Å². The molecule has 0 aliphatic carbocycles. The van der Waals surface area contributed by atoms with Crippen LogP contribution in [0.1, 0.15) is 18.4 Å². The first-order valence-electron chi connectivity index (χ1n) is 8.53. The Kier molecular flexibility index (Phi) is 4.08. The molecule has 2 aromatic heterocycles. The summed E-state index contributed by atoms with van der Waals surface area (Å²) in [7, 11) is 0. The van der Waals surface area contributed by atoms with Gasteiger partial charge in [-0.25, -0.2) is 4.98 Å². The van der Waals surface area contributed by atoms with Crippen molar-refractivity contribution in [1.82, 2.24) is 14.5 Å². The fourth-order valence-electron chi connectivity index (χ4n) is 3.41. The van der Waals surface area contributed by atoms with E-state index in [2.05, 4.69) is 25.4 Å². The summed E-state index contributed by atoms with van der Waals surface area (Å²) in [6.07, 6.45) is 3.93. The topological polar surface area (TPSA) is 64.3 Å². The third kappa shape index (κ3) is 3.06. The average Bonchev–Trinajstić information content (AvgIpc) is 3.01. The molecule has 0 amide bonds. The summed E-state index contributed by atoms with van der Waals surface area (Å²) in [6.45, 7) is 9.52. The van der Waals surface area contributed by atoms with Crippen molar-refractivity contribution in [1.29, 1.82) is 0 Å². The van der Waals surface area contributed by atoms with Crippen LogP contribution in [0.5, 0.6) is 0 Å². The summed E-state index contributed by atoms with van der Waals surface area (Å²) in [4.78, 5) is 14.7. The highest BCUT2D eigenvalue weighted by molar-refractivity contribution is 5.79. The molecule has 0 spiro atoms. The van der Waals surface area contributed by atoms with E-state index in [0.717, 1.165) is 48.5 Å². The van der Waals surface area contributed by atoms with Gasteiger partial charge in [0.05, 0.1) is 17.6 Å². The molecule has 4 rings (SSSR count). The Labute approximate surface area is 146 Å². The summed E-state index contributed by atoms with van der Waals surface area (Å²) in [5, 5.41) is 0. The van der Waals surface area contributed by atoms with Crippen LogP contribution in [0.4, 0.5) is 11.8 Å². The molecule has 3 heterocycles. The van der Waals surface area contributed by atoms with Gasteiger partial charge in [-0.2, -0.15) is 0 Å². The highest BCUT2D eigenvalue weighted by Gasteiger charge is 2.22. The van der Waals surface area contributed by atoms with E-state index in [-0.39, 0.29) is 6.04 Å². The number of nitrogens with zero attached hydrogens (tertiary/aromatic N) is 5. The average molecular weight is 332 g/mol. The lowest BCUT2D eigenvalue weighted by Crippen LogP contribution is -2.44. The summed E-state index contributed by atoms with van der Waals surface area (Å²) in [5.74, 6) is 1.38. The van der Waals surface area contributed by atoms with Gasteiger partial charge < -0.3 is 20.0 Å². The zero-order chi connectivity index (χ0) is 17.2. The van der Waals surface area contributed by atoms with Gasteiger partial charge in [0, 0.05) is 24.7 Å². The molecule has 0 bridgehead atoms. The Bertz CT molecular complexity index is 921. The van der Waals surface area contributed by atoms with Crippen molar-refractivity contribution in [3.63, 3.8) is 0 Å². The van der Waals surface area contributed by atoms with Crippen LogP contribution in [0.2, 0.25) is 0 Å². The molecule has 1 aliphatic rings. The number of hydrogen-bond donors (Lipinski definition) is 1. The molecular weight excluding hydrogens is 312 g/mol. The highest BCUT2D eigenvalue weighted by atomic mass is 15.3. The van der Waals surface area contributed by atoms with Crippen molar-refractivity contribution in [3.8, 4) is 0 Å². The number of piperidine rings is 1. The lowest BCUT2D eigenvalue weighted by molar-refractivity contribution is 0.495. The van der Waals surface area contributed by atoms with Crippen molar-refractivity contribution in [2.45, 2.75) is 25.4 Å². The van der Waals surface area contributed by atoms with Gasteiger partial charge in [0.2, 0.25) is 5.95 Å². The lowest BCUT2D eigenvalue weighted by atomic mass is 10.1. The highest BCUT2D eigenvalue weighted by Crippen LogP contribution is 2.26. The summed E-state index contributed by atoms with van der Waals surface area (Å²) in [6, 6.07) is 12.1. The van der Waals surface area contributed by atoms with Gasteiger partial charge in [-0.05, 0) is 31.0 Å². The van der Waals surface area contributed by atoms with Crippen LogP contribution >= 0.6 is 0 Å². The van der Waals surface area contributed by atoms with E-state index in [0.29, 0.717) is 12.4 Å². The number of aromatic nitrogens is 3. The lowest BCUT2D eigenvalue weighted by Gasteiger charge is -2.32. The van der Waals surface area contributed by atoms with Crippen molar-refractivity contribution >= 4 is 22.8 Å². The molecule has 25 heavy (non-hydrogen) atoms. The van der Waals surface area contributed by atoms with E-state index >= 15 is 0 Å². The van der Waals surface area contributed by atoms with Crippen LogP contribution in [0.3, 0.4) is 0 Å². The molecule has 1 saturated heterocycles. The number of anilines is 1. The number of imidazole rings is 1. The predicted octanol–water partition coefficient (Wildman–Crippen LogP) is 2.96. The third-order valence-corrected chi connectivity index (χ3v) is 4.64. The monoisotopic (exact) mass is 332 g/mol. The number of benzene rings is 1. The minimum atomic E-state index is 0.196. The van der Waals surface area contributed by atoms with Crippen LogP contribution in [0.15, 0.2) is 42.6 Å². The maximum absolute atomic E-state index is 7.03. The van der Waals surface area contributed by atoms with Crippen LogP contribution < -0.4 is 10.6 Å². The second-order valence-corrected chi connectivity index (χ2v) is 6.47. The Balaban J connectivity index is 1.74. The molecule has 0 radical (unpaired) electrons. The zero-order valence-electron chi connectivity index (χ0n) is 14.0. The molecular formula is C19H20N6. The number of pyridine rings is 1. The standard InChI is InChI=1S/C19H20N6/c1-21-18-9-8-14(11-22-18)12-25-17-7-3-2-6-16(17)23-19(25)24-10-4-5-15(20)13-24/h2-3,6-9,11,15H,4-5,10,12-13,20H2/t15-/m1/s1. The first-order valence-corrected chi connectivity index (χ1v) is 8.53. The van der Waals surface area contributed by atoms with Gasteiger partial charge in [0.15, 0.2) is 0 Å². The minimum Gasteiger partial charge on any atom is -0.361 e. The molecule has 2 N–H and O–H groups in total. The van der Waals surface area contributed by atoms with E-state index in [9.17, 15) is 0 Å². The molecule has 3 aromatic rings. The minimum absolute atomic E-state index is 0.196. The van der Waals surface area contributed by atoms with E-state index in [1.165, 1.54) is 0 Å². The molecule has 126 valence electrons. The fourth-order valence-corrected chi connectivity index (χ4v) is 3.41. The smallest absolute Gasteiger partial charge is 0.269 e. The SMILES string of the molecule is [C-]#[N+]c1ccc(Cn2c(N3CCC[C@@H](N)C3)nc3ccccc32)cn1. The number of nitrogens with two attached hydrogens (primary N) is 1. The van der Waals surface area contributed by atoms with Crippen molar-refractivity contribution < 1.29 is 0 Å². The van der Waals surface area contributed by atoms with Crippen LogP contribution in [0, 0.1) is 6.57 Å². The Morgan fingerprint density at radius 3 is 2.88 bits per heavy atom. The molecule has 1 aromatic carbocycles. The summed E-state index contributed by atoms with van der Waals surface area (Å²) in [5.41, 5.74) is 9.32. The maximum atomic E-state index is 7.03. The Morgan fingerprint density at radius 1 is 1.24 bits per heavy atom. The summed E-state index contributed by atoms with van der Waals surface area (Å²) < 4.78 is 2.22. The summed E-state index contributed by atoms with van der Waals surface area (Å²) >= 11 is 0. The van der Waals surface area contributed by atoms with Crippen LogP contribution in [0.25, 0.3) is 15.9 Å². The van der Waals surface area contributed by atoms with E-state index < -0.39 is 0 Å². The van der Waals surface area contributed by atoms with Gasteiger partial charge in [-0.1, -0.05) is 24.8 Å². The van der Waals surface area contributed by atoms with Crippen LogP contribution in [-0.4, -0.2) is 33.7 Å². The number of hydrogen-bond acceptors (Lipinski definition) is 4. The maximum Gasteiger partial charge on any atom is 0.269 e. The molecule has 0 unspecified atom stereocenters. The Hall–Kier alpha value is -2.91. The largest absolute Gasteiger partial charge is 0.361 e. The predicted molar refractivity (Wildman–Crippen MR) is 98.8 cm³/mol. The zero-order valence-corrected chi connectivity index (χ0v) is 14.0. The van der Waals surface area contributed by atoms with Gasteiger partial charge in [0.1, 0.15) is 6.20 Å². The normalized spacial score (nSPS) is 17.6. The van der Waals surface area contributed by atoms with Crippen molar-refractivity contribution in [2.24, 2.45) is 5.73 Å². The van der Waals surface area contributed by atoms with E-state index in [1.54, 1.807) is 12.3 Å². The third-order valence-electron chi connectivity index (χ3n) is 4.64. The number of fused-ring (bicyclic) bond motifs is 1. The van der Waals surface area contributed by atoms with Crippen molar-refractivity contribution in [2.75, 3.05) is 18.0 Å². The van der Waals surface area contributed by atoms with Gasteiger partial charge in [0.25, 0.3) is 5.82 Å². The second kappa shape index (κ2) is 6.54. The van der Waals surface area contributed by atoms with Gasteiger partial charge in [-0.15, -0.1) is 4.98 Å². The first kappa shape index (κ1) is 15.6. The number of rotatable bonds is 3. The quantitative estimate of drug-likeness (QED) is 0.749. The van der Waals surface area contributed by atoms with E-state index in [1.807, 2.05) is 24.3 Å². The molecule has 0 saturated carbocycles. The molecule has 1 aliphatic heterocycles. The first-order chi connectivity index (χ1) is 12.2. The van der Waals surface area contributed by atoms with Crippen molar-refractivity contribution in [3.05, 3.63) is 59.6 Å². The van der Waals surface area contributed by atoms with Gasteiger partial charge >= 0.3 is 0 Å². The van der Waals surface area contributed by atoms with Crippen LogP contribution in [-0.2, 0) is 6.54 Å². The number of para-hydroxylation sites is 2. The molecule has 6 heteroatoms.